The van der Waals surface area contributed by atoms with Crippen LogP contribution in [0.25, 0.3) is 0 Å². The van der Waals surface area contributed by atoms with Gasteiger partial charge in [0.25, 0.3) is 0 Å². The Kier molecular flexibility index (Phi) is 21.6. The van der Waals surface area contributed by atoms with Gasteiger partial charge in [0.1, 0.15) is 23.0 Å². The van der Waals surface area contributed by atoms with E-state index < -0.39 is 52.2 Å². The largest absolute Gasteiger partial charge is 0.508 e. The lowest BCUT2D eigenvalue weighted by Crippen LogP contribution is -2.35. The Hall–Kier alpha value is -6.04. The third kappa shape index (κ3) is 22.2. The van der Waals surface area contributed by atoms with Crippen molar-refractivity contribution in [3.63, 3.8) is 0 Å². The van der Waals surface area contributed by atoms with Gasteiger partial charge in [-0.25, -0.2) is 16.8 Å². The molecule has 0 atom stereocenters. The molecular formula is C50H62N2O16S4. The fourth-order valence-corrected chi connectivity index (χ4v) is 9.82. The maximum absolute atomic E-state index is 11.7. The summed E-state index contributed by atoms with van der Waals surface area (Å²) < 4.78 is 108. The smallest absolute Gasteiger partial charge is 0.322 e. The van der Waals surface area contributed by atoms with E-state index in [1.807, 2.05) is 55.5 Å². The van der Waals surface area contributed by atoms with Gasteiger partial charge >= 0.3 is 32.2 Å². The molecule has 18 nitrogen and oxygen atoms in total. The number of sulfonamides is 2. The second kappa shape index (κ2) is 26.6. The first-order valence-electron chi connectivity index (χ1n) is 22.5. The highest BCUT2D eigenvalue weighted by molar-refractivity contribution is 7.88. The Morgan fingerprint density at radius 3 is 1.64 bits per heavy atom. The number of ether oxygens (including phenoxy) is 1. The minimum absolute atomic E-state index is 0.0660. The highest BCUT2D eigenvalue weighted by atomic mass is 32.2. The number of aryl methyl sites for hydroxylation is 4. The zero-order valence-electron chi connectivity index (χ0n) is 40.8. The van der Waals surface area contributed by atoms with Crippen molar-refractivity contribution in [1.29, 1.82) is 0 Å². The monoisotopic (exact) mass is 1070 g/mol. The van der Waals surface area contributed by atoms with Crippen molar-refractivity contribution >= 4 is 52.2 Å². The summed E-state index contributed by atoms with van der Waals surface area (Å²) in [6.07, 6.45) is 8.28. The van der Waals surface area contributed by atoms with E-state index in [1.165, 1.54) is 21.1 Å². The number of aromatic hydroxyl groups is 2. The van der Waals surface area contributed by atoms with Crippen LogP contribution in [-0.4, -0.2) is 114 Å². The van der Waals surface area contributed by atoms with Crippen LogP contribution in [0, 0.1) is 6.92 Å². The summed E-state index contributed by atoms with van der Waals surface area (Å²) in [6.45, 7) is 4.27. The number of phenolic OH excluding ortho intramolecular Hbond substituents is 2. The van der Waals surface area contributed by atoms with Gasteiger partial charge in [0.2, 0.25) is 20.0 Å². The van der Waals surface area contributed by atoms with E-state index in [2.05, 4.69) is 4.18 Å². The highest BCUT2D eigenvalue weighted by Crippen LogP contribution is 2.26. The first-order chi connectivity index (χ1) is 33.6. The molecule has 5 aromatic carbocycles. The van der Waals surface area contributed by atoms with Gasteiger partial charge in [0.05, 0.1) is 38.1 Å². The Morgan fingerprint density at radius 2 is 1.08 bits per heavy atom. The Balaban J connectivity index is 0.000000223. The summed E-state index contributed by atoms with van der Waals surface area (Å²) in [5, 5.41) is 26.7. The molecule has 22 heteroatoms. The number of rotatable bonds is 16. The van der Waals surface area contributed by atoms with Crippen LogP contribution in [0.2, 0.25) is 0 Å². The molecule has 0 fully saturated rings. The number of carboxylic acid groups (broad SMARTS) is 1. The number of carboxylic acids is 1. The van der Waals surface area contributed by atoms with Crippen LogP contribution in [-0.2, 0) is 99.2 Å². The summed E-state index contributed by atoms with van der Waals surface area (Å²) in [4.78, 5) is 21.3. The Labute approximate surface area is 423 Å². The third-order valence-corrected chi connectivity index (χ3v) is 14.3. The molecule has 2 aliphatic heterocycles. The number of fused-ring (bicyclic) bond motifs is 2. The number of aliphatic carboxylic acids is 1. The molecule has 0 aromatic heterocycles. The molecule has 3 N–H and O–H groups in total. The van der Waals surface area contributed by atoms with Gasteiger partial charge in [-0.2, -0.15) is 25.4 Å². The molecule has 0 saturated carbocycles. The van der Waals surface area contributed by atoms with Gasteiger partial charge in [0, 0.05) is 32.6 Å². The minimum Gasteiger partial charge on any atom is -0.508 e. The molecule has 0 spiro atoms. The summed E-state index contributed by atoms with van der Waals surface area (Å²) in [6, 6.07) is 32.2. The molecule has 0 unspecified atom stereocenters. The lowest BCUT2D eigenvalue weighted by atomic mass is 10.0. The number of hydrogen-bond donors (Lipinski definition) is 3. The van der Waals surface area contributed by atoms with Crippen LogP contribution in [0.15, 0.2) is 109 Å². The molecule has 0 radical (unpaired) electrons. The fraction of sp³-hybridized carbons (Fsp3) is 0.360. The van der Waals surface area contributed by atoms with E-state index in [0.29, 0.717) is 64.2 Å². The first kappa shape index (κ1) is 58.5. The van der Waals surface area contributed by atoms with E-state index >= 15 is 0 Å². The molecule has 7 rings (SSSR count). The third-order valence-electron chi connectivity index (χ3n) is 10.8. The van der Waals surface area contributed by atoms with Gasteiger partial charge in [-0.05, 0) is 133 Å². The Bertz CT molecular complexity index is 3110. The van der Waals surface area contributed by atoms with Crippen molar-refractivity contribution in [2.45, 2.75) is 71.4 Å². The SMILES string of the molecule is CS(=O)(=O)N1CCc2cc(O)ccc2C1.CS(=O)(=O)Oc1cccc(CCCOc2ccc3c(c2)CCN(S(C)(=O)=O)C3)c1.Cc1cccc(CCC(=O)OS(C)(=O)=O)c1.O=C(O)CCc1cccc(O)c1. The molecule has 0 saturated heterocycles. The fourth-order valence-electron chi connectivity index (χ4n) is 7.35. The van der Waals surface area contributed by atoms with Crippen LogP contribution in [0.4, 0.5) is 0 Å². The van der Waals surface area contributed by atoms with E-state index in [4.69, 9.17) is 19.1 Å². The topological polar surface area (TPSA) is 266 Å². The molecule has 2 aliphatic rings. The second-order valence-electron chi connectivity index (χ2n) is 17.2. The zero-order valence-corrected chi connectivity index (χ0v) is 44.0. The number of phenols is 2. The molecule has 72 heavy (non-hydrogen) atoms. The van der Waals surface area contributed by atoms with Gasteiger partial charge < -0.3 is 28.4 Å². The summed E-state index contributed by atoms with van der Waals surface area (Å²) >= 11 is 0. The summed E-state index contributed by atoms with van der Waals surface area (Å²) in [5.74, 6) is -0.0451. The van der Waals surface area contributed by atoms with Crippen LogP contribution in [0.3, 0.4) is 0 Å². The number of carbonyl (C=O) groups is 2. The molecule has 0 bridgehead atoms. The maximum atomic E-state index is 11.7. The molecule has 392 valence electrons. The molecule has 5 aromatic rings. The van der Waals surface area contributed by atoms with Crippen molar-refractivity contribution in [3.8, 4) is 23.0 Å². The summed E-state index contributed by atoms with van der Waals surface area (Å²) in [7, 11) is -13.5. The molecular weight excluding hydrogens is 1010 g/mol. The maximum Gasteiger partial charge on any atom is 0.322 e. The second-order valence-corrected chi connectivity index (χ2v) is 24.3. The number of nitrogens with zero attached hydrogens (tertiary/aromatic N) is 2. The minimum atomic E-state index is -3.69. The average Bonchev–Trinajstić information content (AvgIpc) is 3.28. The van der Waals surface area contributed by atoms with E-state index in [1.54, 1.807) is 60.7 Å². The normalized spacial score (nSPS) is 13.7. The number of benzene rings is 5. The van der Waals surface area contributed by atoms with Gasteiger partial charge in [0.15, 0.2) is 0 Å². The van der Waals surface area contributed by atoms with Crippen molar-refractivity contribution in [2.75, 3.05) is 44.7 Å². The average molecular weight is 1080 g/mol. The number of hydrogen-bond acceptors (Lipinski definition) is 15. The Morgan fingerprint density at radius 1 is 0.556 bits per heavy atom. The van der Waals surface area contributed by atoms with Crippen molar-refractivity contribution in [3.05, 3.63) is 154 Å². The molecule has 2 heterocycles. The van der Waals surface area contributed by atoms with E-state index in [9.17, 15) is 48.4 Å². The zero-order chi connectivity index (χ0) is 53.3. The van der Waals surface area contributed by atoms with Crippen LogP contribution >= 0.6 is 0 Å². The van der Waals surface area contributed by atoms with E-state index in [0.717, 1.165) is 75.6 Å². The quantitative estimate of drug-likeness (QED) is 0.0767. The van der Waals surface area contributed by atoms with Crippen LogP contribution in [0.1, 0.15) is 63.8 Å². The predicted octanol–water partition coefficient (Wildman–Crippen LogP) is 5.90. The van der Waals surface area contributed by atoms with Crippen LogP contribution in [0.5, 0.6) is 23.0 Å². The van der Waals surface area contributed by atoms with Gasteiger partial charge in [-0.1, -0.05) is 66.2 Å². The van der Waals surface area contributed by atoms with E-state index in [-0.39, 0.29) is 24.3 Å². The lowest BCUT2D eigenvalue weighted by Gasteiger charge is -2.27. The van der Waals surface area contributed by atoms with Crippen molar-refractivity contribution in [2.24, 2.45) is 0 Å². The van der Waals surface area contributed by atoms with Crippen molar-refractivity contribution < 1.29 is 71.7 Å². The summed E-state index contributed by atoms with van der Waals surface area (Å²) in [5.41, 5.74) is 8.06. The van der Waals surface area contributed by atoms with Gasteiger partial charge in [-0.15, -0.1) is 0 Å². The standard InChI is InChI=1S/C20H25NO6S2.C11H14O4S.C10H13NO3S.C9H10O3/c1-28(22,23)21-11-10-17-14-19(9-8-18(17)15-21)26-12-4-6-16-5-3-7-20(13-16)27-29(2,24)25;1-9-4-3-5-10(8-9)6-7-11(12)15-16(2,13)14;1-15(13,14)11-5-4-8-6-10(12)3-2-9(8)7-11;10-8-3-1-2-7(6-8)4-5-9(11)12/h3,5,7-9,13-14H,4,6,10-12,15H2,1-2H3;3-5,8H,6-7H2,1-2H3;2-3,6,12H,4-5,7H2,1H3;1-3,6,10H,4-5H2,(H,11,12). The molecule has 0 aliphatic carbocycles. The number of carbonyl (C=O) groups excluding carboxylic acids is 1. The van der Waals surface area contributed by atoms with Gasteiger partial charge in [-0.3, -0.25) is 9.59 Å². The highest BCUT2D eigenvalue weighted by Gasteiger charge is 2.24. The first-order valence-corrected chi connectivity index (χ1v) is 29.9. The molecule has 0 amide bonds. The van der Waals surface area contributed by atoms with Crippen molar-refractivity contribution in [1.82, 2.24) is 8.61 Å². The predicted molar refractivity (Wildman–Crippen MR) is 273 cm³/mol. The lowest BCUT2D eigenvalue weighted by molar-refractivity contribution is -0.137. The van der Waals surface area contributed by atoms with Crippen LogP contribution < -0.4 is 8.92 Å².